The van der Waals surface area contributed by atoms with Gasteiger partial charge in [-0.15, -0.1) is 0 Å². The Balaban J connectivity index is 1.94. The summed E-state index contributed by atoms with van der Waals surface area (Å²) in [5.41, 5.74) is 10.8. The molecule has 0 bridgehead atoms. The Labute approximate surface area is 123 Å². The summed E-state index contributed by atoms with van der Waals surface area (Å²) in [6.07, 6.45) is 1.77. The van der Waals surface area contributed by atoms with E-state index < -0.39 is 0 Å². The van der Waals surface area contributed by atoms with Gasteiger partial charge in [-0.25, -0.2) is 0 Å². The average Bonchev–Trinajstić information content (AvgIpc) is 2.51. The maximum absolute atomic E-state index is 6.24. The van der Waals surface area contributed by atoms with Crippen molar-refractivity contribution in [3.63, 3.8) is 0 Å². The van der Waals surface area contributed by atoms with Crippen LogP contribution < -0.4 is 11.1 Å². The molecule has 106 valence electrons. The van der Waals surface area contributed by atoms with Gasteiger partial charge in [0, 0.05) is 24.4 Å². The van der Waals surface area contributed by atoms with E-state index in [0.29, 0.717) is 12.3 Å². The van der Waals surface area contributed by atoms with Gasteiger partial charge in [0.1, 0.15) is 0 Å². The second-order valence-electron chi connectivity index (χ2n) is 4.86. The Morgan fingerprint density at radius 3 is 2.90 bits per heavy atom. The second-order valence-corrected chi connectivity index (χ2v) is 4.86. The molecule has 0 amide bonds. The number of nitrogens with one attached hydrogen (secondary N) is 1. The highest BCUT2D eigenvalue weighted by Crippen LogP contribution is 2.30. The molecule has 1 aromatic heterocycles. The van der Waals surface area contributed by atoms with E-state index in [1.807, 2.05) is 42.5 Å². The monoisotopic (exact) mass is 279 g/mol. The van der Waals surface area contributed by atoms with Crippen molar-refractivity contribution in [1.29, 1.82) is 0 Å². The zero-order chi connectivity index (χ0) is 14.7. The fourth-order valence-electron chi connectivity index (χ4n) is 2.35. The molecule has 0 saturated heterocycles. The molecule has 3 rings (SSSR count). The first-order chi connectivity index (χ1) is 10.3. The quantitative estimate of drug-likeness (QED) is 0.715. The number of benzene rings is 2. The largest absolute Gasteiger partial charge is 0.396 e. The van der Waals surface area contributed by atoms with E-state index in [4.69, 9.17) is 10.5 Å². The van der Waals surface area contributed by atoms with Crippen LogP contribution in [-0.4, -0.2) is 12.1 Å². The average molecular weight is 279 g/mol. The van der Waals surface area contributed by atoms with Gasteiger partial charge in [0.2, 0.25) is 0 Å². The zero-order valence-electron chi connectivity index (χ0n) is 11.8. The first-order valence-corrected chi connectivity index (χ1v) is 6.76. The van der Waals surface area contributed by atoms with Gasteiger partial charge in [-0.05, 0) is 42.0 Å². The number of methoxy groups -OCH3 is 1. The molecule has 3 N–H and O–H groups in total. The highest BCUT2D eigenvalue weighted by molar-refractivity contribution is 5.97. The van der Waals surface area contributed by atoms with Crippen LogP contribution in [0.15, 0.2) is 54.7 Å². The van der Waals surface area contributed by atoms with Crippen LogP contribution in [0.2, 0.25) is 0 Å². The number of nitrogen functional groups attached to an aromatic ring is 1. The number of nitrogens with two attached hydrogens (primary N) is 1. The first-order valence-electron chi connectivity index (χ1n) is 6.76. The Hall–Kier alpha value is -2.59. The summed E-state index contributed by atoms with van der Waals surface area (Å²) in [5, 5.41) is 4.31. The van der Waals surface area contributed by atoms with Gasteiger partial charge in [0.15, 0.2) is 0 Å². The van der Waals surface area contributed by atoms with Crippen molar-refractivity contribution in [2.75, 3.05) is 18.2 Å². The van der Waals surface area contributed by atoms with Crippen molar-refractivity contribution >= 4 is 28.0 Å². The first kappa shape index (κ1) is 13.4. The number of aromatic nitrogens is 1. The molecule has 4 heteroatoms. The number of fused-ring (bicyclic) bond motifs is 1. The fraction of sp³-hybridized carbons (Fsp3) is 0.118. The zero-order valence-corrected chi connectivity index (χ0v) is 11.8. The lowest BCUT2D eigenvalue weighted by atomic mass is 10.1. The Morgan fingerprint density at radius 2 is 2.05 bits per heavy atom. The summed E-state index contributed by atoms with van der Waals surface area (Å²) in [6, 6.07) is 15.9. The lowest BCUT2D eigenvalue weighted by Gasteiger charge is -2.12. The van der Waals surface area contributed by atoms with E-state index in [2.05, 4.69) is 16.4 Å². The molecule has 0 aliphatic heterocycles. The third-order valence-corrected chi connectivity index (χ3v) is 3.34. The normalized spacial score (nSPS) is 10.7. The number of pyridine rings is 1. The lowest BCUT2D eigenvalue weighted by molar-refractivity contribution is 0.185. The molecular weight excluding hydrogens is 262 g/mol. The minimum absolute atomic E-state index is 0.590. The molecule has 0 aliphatic rings. The molecule has 0 radical (unpaired) electrons. The SMILES string of the molecule is COCc1cccc(Nc2ccc3ncccc3c2N)c1. The van der Waals surface area contributed by atoms with E-state index in [9.17, 15) is 0 Å². The molecule has 0 atom stereocenters. The van der Waals surface area contributed by atoms with E-state index >= 15 is 0 Å². The van der Waals surface area contributed by atoms with Gasteiger partial charge in [0.05, 0.1) is 23.5 Å². The number of ether oxygens (including phenoxy) is 1. The molecule has 2 aromatic carbocycles. The second kappa shape index (κ2) is 5.81. The summed E-state index contributed by atoms with van der Waals surface area (Å²) in [5.74, 6) is 0. The maximum atomic E-state index is 6.24. The molecule has 0 aliphatic carbocycles. The Kier molecular flexibility index (Phi) is 3.71. The van der Waals surface area contributed by atoms with Crippen LogP contribution in [0.1, 0.15) is 5.56 Å². The van der Waals surface area contributed by atoms with E-state index in [0.717, 1.165) is 27.8 Å². The van der Waals surface area contributed by atoms with Crippen molar-refractivity contribution < 1.29 is 4.74 Å². The van der Waals surface area contributed by atoms with Crippen LogP contribution >= 0.6 is 0 Å². The fourth-order valence-corrected chi connectivity index (χ4v) is 2.35. The third-order valence-electron chi connectivity index (χ3n) is 3.34. The highest BCUT2D eigenvalue weighted by Gasteiger charge is 2.05. The molecule has 3 aromatic rings. The summed E-state index contributed by atoms with van der Waals surface area (Å²) in [6.45, 7) is 0.590. The minimum atomic E-state index is 0.590. The molecule has 21 heavy (non-hydrogen) atoms. The molecular formula is C17H17N3O. The van der Waals surface area contributed by atoms with Gasteiger partial charge < -0.3 is 15.8 Å². The van der Waals surface area contributed by atoms with Crippen LogP contribution in [0.5, 0.6) is 0 Å². The highest BCUT2D eigenvalue weighted by atomic mass is 16.5. The van der Waals surface area contributed by atoms with Crippen LogP contribution in [0.4, 0.5) is 17.1 Å². The predicted octanol–water partition coefficient (Wildman–Crippen LogP) is 3.71. The van der Waals surface area contributed by atoms with Crippen LogP contribution in [0.25, 0.3) is 10.9 Å². The molecule has 4 nitrogen and oxygen atoms in total. The summed E-state index contributed by atoms with van der Waals surface area (Å²) >= 11 is 0. The van der Waals surface area contributed by atoms with Crippen molar-refractivity contribution in [3.05, 3.63) is 60.3 Å². The van der Waals surface area contributed by atoms with Gasteiger partial charge >= 0.3 is 0 Å². The number of hydrogen-bond donors (Lipinski definition) is 2. The summed E-state index contributed by atoms with van der Waals surface area (Å²) in [4.78, 5) is 4.30. The van der Waals surface area contributed by atoms with Crippen LogP contribution in [0, 0.1) is 0 Å². The number of anilines is 3. The van der Waals surface area contributed by atoms with Gasteiger partial charge in [0.25, 0.3) is 0 Å². The number of rotatable bonds is 4. The van der Waals surface area contributed by atoms with Gasteiger partial charge in [-0.2, -0.15) is 0 Å². The minimum Gasteiger partial charge on any atom is -0.396 e. The van der Waals surface area contributed by atoms with Crippen molar-refractivity contribution in [2.45, 2.75) is 6.61 Å². The Morgan fingerprint density at radius 1 is 1.14 bits per heavy atom. The van der Waals surface area contributed by atoms with E-state index in [-0.39, 0.29) is 0 Å². The standard InChI is InChI=1S/C17H17N3O/c1-21-11-12-4-2-5-13(10-12)20-16-8-7-15-14(17(16)18)6-3-9-19-15/h2-10,20H,11,18H2,1H3. The van der Waals surface area contributed by atoms with Gasteiger partial charge in [-0.1, -0.05) is 12.1 Å². The van der Waals surface area contributed by atoms with Crippen LogP contribution in [0.3, 0.4) is 0 Å². The van der Waals surface area contributed by atoms with E-state index in [1.54, 1.807) is 13.3 Å². The lowest BCUT2D eigenvalue weighted by Crippen LogP contribution is -1.98. The van der Waals surface area contributed by atoms with Crippen molar-refractivity contribution in [1.82, 2.24) is 4.98 Å². The molecule has 0 fully saturated rings. The maximum Gasteiger partial charge on any atom is 0.0724 e. The summed E-state index contributed by atoms with van der Waals surface area (Å²) < 4.78 is 5.15. The predicted molar refractivity (Wildman–Crippen MR) is 86.6 cm³/mol. The molecule has 1 heterocycles. The molecule has 0 spiro atoms. The van der Waals surface area contributed by atoms with Crippen molar-refractivity contribution in [3.8, 4) is 0 Å². The van der Waals surface area contributed by atoms with Gasteiger partial charge in [-0.3, -0.25) is 4.98 Å². The Bertz CT molecular complexity index is 771. The number of nitrogens with zero attached hydrogens (tertiary/aromatic N) is 1. The topological polar surface area (TPSA) is 60.2 Å². The summed E-state index contributed by atoms with van der Waals surface area (Å²) in [7, 11) is 1.69. The number of hydrogen-bond acceptors (Lipinski definition) is 4. The molecule has 0 saturated carbocycles. The third kappa shape index (κ3) is 2.80. The smallest absolute Gasteiger partial charge is 0.0724 e. The van der Waals surface area contributed by atoms with Crippen molar-refractivity contribution in [2.24, 2.45) is 0 Å². The van der Waals surface area contributed by atoms with Crippen LogP contribution in [-0.2, 0) is 11.3 Å². The van der Waals surface area contributed by atoms with E-state index in [1.165, 1.54) is 0 Å². The molecule has 0 unspecified atom stereocenters.